The highest BCUT2D eigenvalue weighted by Crippen LogP contribution is 2.29. The Labute approximate surface area is 159 Å². The lowest BCUT2D eigenvalue weighted by Crippen LogP contribution is -2.30. The van der Waals surface area contributed by atoms with E-state index in [1.54, 1.807) is 24.3 Å². The van der Waals surface area contributed by atoms with Crippen molar-refractivity contribution in [3.05, 3.63) is 64.7 Å². The molecule has 0 amide bonds. The summed E-state index contributed by atoms with van der Waals surface area (Å²) in [7, 11) is -3.93. The van der Waals surface area contributed by atoms with Gasteiger partial charge in [-0.1, -0.05) is 48.4 Å². The van der Waals surface area contributed by atoms with Crippen molar-refractivity contribution in [3.8, 4) is 0 Å². The maximum atomic E-state index is 12.8. The van der Waals surface area contributed by atoms with Crippen LogP contribution < -0.4 is 0 Å². The molecule has 0 fully saturated rings. The van der Waals surface area contributed by atoms with Crippen molar-refractivity contribution in [2.75, 3.05) is 0 Å². The van der Waals surface area contributed by atoms with Crippen LogP contribution in [0.3, 0.4) is 0 Å². The van der Waals surface area contributed by atoms with Gasteiger partial charge in [-0.15, -0.1) is 0 Å². The molecule has 0 aromatic heterocycles. The van der Waals surface area contributed by atoms with Crippen LogP contribution in [-0.4, -0.2) is 24.7 Å². The average Bonchev–Trinajstić information content (AvgIpc) is 2.59. The zero-order chi connectivity index (χ0) is 19.3. The van der Waals surface area contributed by atoms with Gasteiger partial charge in [0.1, 0.15) is 0 Å². The lowest BCUT2D eigenvalue weighted by Gasteiger charge is -2.19. The third-order valence-electron chi connectivity index (χ3n) is 4.61. The number of aliphatic carboxylic acids is 1. The second-order valence-corrected chi connectivity index (χ2v) is 8.99. The Hall–Kier alpha value is -1.85. The average molecular weight is 395 g/mol. The van der Waals surface area contributed by atoms with E-state index >= 15 is 0 Å². The number of carboxylic acids is 1. The normalized spacial score (nSPS) is 14.0. The van der Waals surface area contributed by atoms with Gasteiger partial charge in [-0.25, -0.2) is 8.42 Å². The van der Waals surface area contributed by atoms with E-state index in [1.165, 1.54) is 12.1 Å². The lowest BCUT2D eigenvalue weighted by molar-refractivity contribution is -0.136. The Morgan fingerprint density at radius 1 is 1.04 bits per heavy atom. The van der Waals surface area contributed by atoms with Gasteiger partial charge in [0.2, 0.25) is 0 Å². The van der Waals surface area contributed by atoms with Crippen molar-refractivity contribution >= 4 is 27.4 Å². The highest BCUT2D eigenvalue weighted by Gasteiger charge is 2.34. The van der Waals surface area contributed by atoms with Gasteiger partial charge >= 0.3 is 5.97 Å². The quantitative estimate of drug-likeness (QED) is 0.694. The first kappa shape index (κ1) is 20.5. The molecule has 0 saturated heterocycles. The van der Waals surface area contributed by atoms with Crippen LogP contribution in [0.4, 0.5) is 0 Å². The topological polar surface area (TPSA) is 71.4 Å². The fraction of sp³-hybridized carbons (Fsp3) is 0.350. The molecule has 140 valence electrons. The first-order chi connectivity index (χ1) is 12.3. The zero-order valence-corrected chi connectivity index (χ0v) is 16.4. The van der Waals surface area contributed by atoms with E-state index in [0.29, 0.717) is 11.4 Å². The van der Waals surface area contributed by atoms with Gasteiger partial charge in [0.15, 0.2) is 15.1 Å². The first-order valence-corrected chi connectivity index (χ1v) is 10.5. The number of hydrogen-bond acceptors (Lipinski definition) is 3. The Bertz CT molecular complexity index is 842. The zero-order valence-electron chi connectivity index (χ0n) is 14.9. The molecule has 1 N–H and O–H groups in total. The van der Waals surface area contributed by atoms with Crippen molar-refractivity contribution in [2.45, 2.75) is 49.2 Å². The molecule has 0 aliphatic carbocycles. The van der Waals surface area contributed by atoms with Crippen LogP contribution >= 0.6 is 11.6 Å². The van der Waals surface area contributed by atoms with E-state index in [0.717, 1.165) is 17.5 Å². The predicted molar refractivity (Wildman–Crippen MR) is 104 cm³/mol. The highest BCUT2D eigenvalue weighted by atomic mass is 35.5. The molecule has 0 aliphatic rings. The summed E-state index contributed by atoms with van der Waals surface area (Å²) >= 11 is 5.91. The van der Waals surface area contributed by atoms with Gasteiger partial charge in [-0.2, -0.15) is 0 Å². The number of carbonyl (C=O) groups is 1. The van der Waals surface area contributed by atoms with Crippen LogP contribution in [0, 0.1) is 6.92 Å². The molecule has 2 aromatic rings. The third kappa shape index (κ3) is 4.86. The number of carboxylic acid groups (broad SMARTS) is 1. The van der Waals surface area contributed by atoms with E-state index < -0.39 is 21.1 Å². The van der Waals surface area contributed by atoms with Crippen molar-refractivity contribution in [2.24, 2.45) is 0 Å². The van der Waals surface area contributed by atoms with Gasteiger partial charge in [0.25, 0.3) is 0 Å². The smallest absolute Gasteiger partial charge is 0.322 e. The van der Waals surface area contributed by atoms with Crippen molar-refractivity contribution < 1.29 is 18.3 Å². The summed E-state index contributed by atoms with van der Waals surface area (Å²) in [4.78, 5) is 11.7. The monoisotopic (exact) mass is 394 g/mol. The number of rotatable bonds is 8. The van der Waals surface area contributed by atoms with E-state index in [-0.39, 0.29) is 17.2 Å². The summed E-state index contributed by atoms with van der Waals surface area (Å²) in [6.45, 7) is 3.85. The first-order valence-electron chi connectivity index (χ1n) is 8.54. The minimum Gasteiger partial charge on any atom is -0.480 e. The SMILES string of the molecule is CCC(CCC(C(=O)O)S(=O)(=O)c1ccc(C)cc1)c1ccc(Cl)cc1. The molecule has 2 rings (SSSR count). The summed E-state index contributed by atoms with van der Waals surface area (Å²) < 4.78 is 25.5. The fourth-order valence-corrected chi connectivity index (χ4v) is 4.68. The predicted octanol–water partition coefficient (Wildman–Crippen LogP) is 4.85. The number of halogens is 1. The van der Waals surface area contributed by atoms with E-state index in [1.807, 2.05) is 26.0 Å². The van der Waals surface area contributed by atoms with E-state index in [4.69, 9.17) is 11.6 Å². The Morgan fingerprint density at radius 3 is 2.12 bits per heavy atom. The Kier molecular flexibility index (Phi) is 6.84. The number of benzene rings is 2. The summed E-state index contributed by atoms with van der Waals surface area (Å²) in [5.74, 6) is -1.22. The van der Waals surface area contributed by atoms with Gasteiger partial charge in [-0.05, 0) is 61.9 Å². The Balaban J connectivity index is 2.20. The minimum absolute atomic E-state index is 0.0510. The highest BCUT2D eigenvalue weighted by molar-refractivity contribution is 7.92. The van der Waals surface area contributed by atoms with Crippen LogP contribution in [0.15, 0.2) is 53.4 Å². The molecule has 0 heterocycles. The van der Waals surface area contributed by atoms with Gasteiger partial charge in [0.05, 0.1) is 4.90 Å². The molecule has 0 aliphatic heterocycles. The summed E-state index contributed by atoms with van der Waals surface area (Å²) in [5.41, 5.74) is 1.96. The third-order valence-corrected chi connectivity index (χ3v) is 6.98. The minimum atomic E-state index is -3.93. The van der Waals surface area contributed by atoms with Crippen LogP contribution in [0.1, 0.15) is 43.2 Å². The summed E-state index contributed by atoms with van der Waals surface area (Å²) in [6, 6.07) is 13.7. The van der Waals surface area contributed by atoms with Gasteiger partial charge in [-0.3, -0.25) is 4.79 Å². The maximum absolute atomic E-state index is 12.8. The molecule has 4 nitrogen and oxygen atoms in total. The molecule has 2 atom stereocenters. The Morgan fingerprint density at radius 2 is 1.62 bits per heavy atom. The molecule has 2 aromatic carbocycles. The molecule has 0 bridgehead atoms. The maximum Gasteiger partial charge on any atom is 0.322 e. The number of aryl methyl sites for hydroxylation is 1. The lowest BCUT2D eigenvalue weighted by atomic mass is 9.91. The van der Waals surface area contributed by atoms with Crippen LogP contribution in [0.25, 0.3) is 0 Å². The van der Waals surface area contributed by atoms with Crippen molar-refractivity contribution in [1.82, 2.24) is 0 Å². The van der Waals surface area contributed by atoms with E-state index in [2.05, 4.69) is 0 Å². The largest absolute Gasteiger partial charge is 0.480 e. The molecule has 6 heteroatoms. The van der Waals surface area contributed by atoms with Crippen LogP contribution in [0.5, 0.6) is 0 Å². The van der Waals surface area contributed by atoms with Crippen molar-refractivity contribution in [3.63, 3.8) is 0 Å². The van der Waals surface area contributed by atoms with Crippen molar-refractivity contribution in [1.29, 1.82) is 0 Å². The van der Waals surface area contributed by atoms with Crippen LogP contribution in [0.2, 0.25) is 5.02 Å². The second kappa shape index (κ2) is 8.69. The molecule has 26 heavy (non-hydrogen) atoms. The molecular formula is C20H23ClO4S. The van der Waals surface area contributed by atoms with E-state index in [9.17, 15) is 18.3 Å². The molecular weight excluding hydrogens is 372 g/mol. The van der Waals surface area contributed by atoms with Gasteiger partial charge in [0, 0.05) is 5.02 Å². The summed E-state index contributed by atoms with van der Waals surface area (Å²) in [5, 5.41) is 8.70. The molecule has 0 spiro atoms. The number of sulfone groups is 1. The molecule has 2 unspecified atom stereocenters. The van der Waals surface area contributed by atoms with Crippen LogP contribution in [-0.2, 0) is 14.6 Å². The second-order valence-electron chi connectivity index (χ2n) is 6.42. The van der Waals surface area contributed by atoms with Gasteiger partial charge < -0.3 is 5.11 Å². The fourth-order valence-electron chi connectivity index (χ4n) is 3.00. The summed E-state index contributed by atoms with van der Waals surface area (Å²) in [6.07, 6.45) is 1.32. The molecule has 0 radical (unpaired) electrons. The number of hydrogen-bond donors (Lipinski definition) is 1. The standard InChI is InChI=1S/C20H23ClO4S/c1-3-15(16-6-9-17(21)10-7-16)8-13-19(20(22)23)26(24,25)18-11-4-14(2)5-12-18/h4-7,9-12,15,19H,3,8,13H2,1-2H3,(H,22,23). The molecule has 0 saturated carbocycles.